The monoisotopic (exact) mass is 552 g/mol. The Bertz CT molecular complexity index is 816. The SMILES string of the molecule is CC.CC.CN.CS(=O)(=O)O.C[S-](=O)=O.Nc1ccccc1N=Nc1ccccc1.[Y]. The fraction of sp³-hybridized carbons (Fsp3) is 0.368. The van der Waals surface area contributed by atoms with Gasteiger partial charge in [-0.25, -0.2) is 0 Å². The molecule has 31 heavy (non-hydrogen) atoms. The molecule has 0 atom stereocenters. The maximum atomic E-state index is 9.19. The Labute approximate surface area is 214 Å². The van der Waals surface area contributed by atoms with Crippen molar-refractivity contribution in [3.8, 4) is 0 Å². The number of nitrogens with two attached hydrogens (primary N) is 2. The van der Waals surface area contributed by atoms with Crippen LogP contribution < -0.4 is 11.5 Å². The minimum atomic E-state index is -3.67. The van der Waals surface area contributed by atoms with Crippen LogP contribution in [0.3, 0.4) is 0 Å². The number of nitrogens with zero attached hydrogens (tertiary/aromatic N) is 2. The van der Waals surface area contributed by atoms with Gasteiger partial charge in [0, 0.05) is 32.7 Å². The summed E-state index contributed by atoms with van der Waals surface area (Å²) in [5, 5.41) is 8.16. The number of para-hydroxylation sites is 1. The van der Waals surface area contributed by atoms with Gasteiger partial charge < -0.3 is 19.9 Å². The average molecular weight is 553 g/mol. The van der Waals surface area contributed by atoms with Crippen molar-refractivity contribution in [3.63, 3.8) is 0 Å². The van der Waals surface area contributed by atoms with Crippen LogP contribution in [0.15, 0.2) is 64.8 Å². The average Bonchev–Trinajstić information content (AvgIpc) is 2.71. The molecule has 0 spiro atoms. The maximum absolute atomic E-state index is 9.19. The van der Waals surface area contributed by atoms with E-state index in [0.717, 1.165) is 11.9 Å². The molecule has 2 aromatic rings. The summed E-state index contributed by atoms with van der Waals surface area (Å²) in [6.45, 7) is 8.00. The molecule has 0 saturated carbocycles. The van der Waals surface area contributed by atoms with Gasteiger partial charge >= 0.3 is 0 Å². The van der Waals surface area contributed by atoms with Crippen LogP contribution in [0.4, 0.5) is 17.1 Å². The molecule has 0 amide bonds. The van der Waals surface area contributed by atoms with Gasteiger partial charge in [0.25, 0.3) is 10.1 Å². The predicted octanol–water partition coefficient (Wildman–Crippen LogP) is 4.74. The topological polar surface area (TPSA) is 165 Å². The quantitative estimate of drug-likeness (QED) is 0.209. The fourth-order valence-corrected chi connectivity index (χ4v) is 1.18. The smallest absolute Gasteiger partial charge is 0.261 e. The van der Waals surface area contributed by atoms with Crippen LogP contribution in [-0.2, 0) is 61.9 Å². The molecule has 5 N–H and O–H groups in total. The van der Waals surface area contributed by atoms with Gasteiger partial charge in [0.05, 0.1) is 17.6 Å². The van der Waals surface area contributed by atoms with Gasteiger partial charge in [0.2, 0.25) is 0 Å². The van der Waals surface area contributed by atoms with Gasteiger partial charge in [-0.1, -0.05) is 75.0 Å². The molecular weight excluding hydrogens is 517 g/mol. The number of hydrogen-bond acceptors (Lipinski definition) is 9. The zero-order valence-corrected chi connectivity index (χ0v) is 23.7. The Hall–Kier alpha value is -1.24. The van der Waals surface area contributed by atoms with Crippen LogP contribution in [0, 0.1) is 0 Å². The van der Waals surface area contributed by atoms with E-state index in [9.17, 15) is 8.42 Å². The summed E-state index contributed by atoms with van der Waals surface area (Å²) >= 11 is 0. The summed E-state index contributed by atoms with van der Waals surface area (Å²) in [7, 11) is -4.03. The van der Waals surface area contributed by atoms with E-state index in [1.54, 1.807) is 6.07 Å². The van der Waals surface area contributed by atoms with Crippen molar-refractivity contribution in [1.29, 1.82) is 0 Å². The van der Waals surface area contributed by atoms with E-state index in [1.165, 1.54) is 7.05 Å². The van der Waals surface area contributed by atoms with Gasteiger partial charge in [0.15, 0.2) is 0 Å². The molecule has 0 bridgehead atoms. The van der Waals surface area contributed by atoms with Crippen LogP contribution in [0.5, 0.6) is 0 Å². The first-order valence-corrected chi connectivity index (χ1v) is 12.2. The zero-order valence-electron chi connectivity index (χ0n) is 19.2. The summed E-state index contributed by atoms with van der Waals surface area (Å²) in [6.07, 6.45) is 1.80. The van der Waals surface area contributed by atoms with Crippen LogP contribution in [0.1, 0.15) is 27.7 Å². The molecule has 177 valence electrons. The van der Waals surface area contributed by atoms with E-state index in [-0.39, 0.29) is 32.7 Å². The minimum absolute atomic E-state index is 0. The van der Waals surface area contributed by atoms with Crippen molar-refractivity contribution < 1.29 is 54.1 Å². The van der Waals surface area contributed by atoms with E-state index >= 15 is 0 Å². The molecule has 0 fully saturated rings. The summed E-state index contributed by atoms with van der Waals surface area (Å²) in [5.74, 6) is 0. The normalized spacial score (nSPS) is 8.71. The van der Waals surface area contributed by atoms with Crippen molar-refractivity contribution in [2.75, 3.05) is 25.3 Å². The molecule has 0 aliphatic heterocycles. The Kier molecular flexibility index (Phi) is 37.3. The number of nitrogen functional groups attached to an aromatic ring is 1. The molecule has 2 rings (SSSR count). The van der Waals surface area contributed by atoms with Gasteiger partial charge in [-0.15, -0.1) is 5.11 Å². The van der Waals surface area contributed by atoms with Crippen molar-refractivity contribution in [2.24, 2.45) is 16.0 Å². The van der Waals surface area contributed by atoms with E-state index in [1.807, 2.05) is 76.2 Å². The molecule has 1 radical (unpaired) electrons. The number of hydrogen-bond donors (Lipinski definition) is 3. The van der Waals surface area contributed by atoms with E-state index in [0.29, 0.717) is 17.6 Å². The van der Waals surface area contributed by atoms with Gasteiger partial charge in [0.1, 0.15) is 5.69 Å². The number of rotatable bonds is 2. The van der Waals surface area contributed by atoms with Gasteiger partial charge in [-0.05, 0) is 31.3 Å². The Morgan fingerprint density at radius 3 is 1.52 bits per heavy atom. The molecule has 0 unspecified atom stereocenters. The first-order chi connectivity index (χ1) is 14.1. The third-order valence-corrected chi connectivity index (χ3v) is 1.97. The van der Waals surface area contributed by atoms with Crippen molar-refractivity contribution >= 4 is 37.9 Å². The number of benzene rings is 2. The van der Waals surface area contributed by atoms with Crippen molar-refractivity contribution in [1.82, 2.24) is 0 Å². The molecule has 0 heterocycles. The third-order valence-electron chi connectivity index (χ3n) is 1.97. The standard InChI is InChI=1S/C12H11N3.2C2H6.CH5N.CH4O3S.CH3O2S.Y/c13-11-8-4-5-9-12(11)15-14-10-6-2-1-3-7-10;3*1-2;1-5(2,3)4;1-4(2)3;/h1-9H,13H2;2*1-2H3;2H2,1H3;1H3,(H,2,3,4);1H3;/q;;;;;-1;. The zero-order chi connectivity index (χ0) is 24.6. The van der Waals surface area contributed by atoms with E-state index in [4.69, 9.17) is 18.7 Å². The first-order valence-electron chi connectivity index (χ1n) is 8.92. The molecule has 0 saturated heterocycles. The molecule has 0 aliphatic carbocycles. The second kappa shape index (κ2) is 28.8. The molecule has 2 aromatic carbocycles. The fourth-order valence-electron chi connectivity index (χ4n) is 1.18. The summed E-state index contributed by atoms with van der Waals surface area (Å²) < 4.78 is 43.9. The Morgan fingerprint density at radius 2 is 1.16 bits per heavy atom. The molecule has 0 aliphatic rings. The largest absolute Gasteiger partial charge is 0.424 e. The Balaban J connectivity index is -0.000000119. The van der Waals surface area contributed by atoms with Gasteiger partial charge in [-0.3, -0.25) is 4.55 Å². The molecule has 12 heteroatoms. The predicted molar refractivity (Wildman–Crippen MR) is 126 cm³/mol. The van der Waals surface area contributed by atoms with Gasteiger partial charge in [-0.2, -0.15) is 13.5 Å². The van der Waals surface area contributed by atoms with Crippen LogP contribution in [-0.4, -0.2) is 32.5 Å². The van der Waals surface area contributed by atoms with Crippen LogP contribution >= 0.6 is 0 Å². The molecule has 0 aromatic heterocycles. The van der Waals surface area contributed by atoms with Crippen molar-refractivity contribution in [3.05, 3.63) is 54.6 Å². The number of anilines is 1. The van der Waals surface area contributed by atoms with Crippen LogP contribution in [0.25, 0.3) is 0 Å². The third kappa shape index (κ3) is 39.8. The maximum Gasteiger partial charge on any atom is 0.261 e. The minimum Gasteiger partial charge on any atom is -0.424 e. The number of azo groups is 1. The second-order valence-electron chi connectivity index (χ2n) is 4.23. The summed E-state index contributed by atoms with van der Waals surface area (Å²) in [4.78, 5) is 0. The summed E-state index contributed by atoms with van der Waals surface area (Å²) in [5.41, 5.74) is 12.4. The molecular formula is C19H35N4O5S2Y-. The first kappa shape index (κ1) is 40.2. The Morgan fingerprint density at radius 1 is 0.839 bits per heavy atom. The summed E-state index contributed by atoms with van der Waals surface area (Å²) in [6, 6.07) is 17.0. The second-order valence-corrected chi connectivity index (χ2v) is 6.50. The van der Waals surface area contributed by atoms with Crippen molar-refractivity contribution in [2.45, 2.75) is 27.7 Å². The van der Waals surface area contributed by atoms with E-state index < -0.39 is 20.8 Å². The van der Waals surface area contributed by atoms with Crippen LogP contribution in [0.2, 0.25) is 0 Å². The van der Waals surface area contributed by atoms with E-state index in [2.05, 4.69) is 16.0 Å². The molecule has 9 nitrogen and oxygen atoms in total.